The molecule has 104 valence electrons. The molecule has 2 rings (SSSR count). The molecule has 1 saturated heterocycles. The number of aromatic nitrogens is 1. The van der Waals surface area contributed by atoms with Crippen molar-refractivity contribution in [3.05, 3.63) is 28.0 Å². The highest BCUT2D eigenvalue weighted by molar-refractivity contribution is 6.41. The number of nitrogens with zero attached hydrogens (tertiary/aromatic N) is 2. The molecule has 1 aliphatic heterocycles. The van der Waals surface area contributed by atoms with Gasteiger partial charge in [0.2, 0.25) is 0 Å². The monoisotopic (exact) mass is 302 g/mol. The van der Waals surface area contributed by atoms with Crippen LogP contribution in [0.5, 0.6) is 0 Å². The number of ether oxygens (including phenoxy) is 1. The zero-order valence-electron chi connectivity index (χ0n) is 11.1. The zero-order chi connectivity index (χ0) is 14.2. The highest BCUT2D eigenvalue weighted by atomic mass is 35.5. The van der Waals surface area contributed by atoms with E-state index in [0.29, 0.717) is 18.7 Å². The minimum Gasteiger partial charge on any atom is -0.369 e. The third-order valence-corrected chi connectivity index (χ3v) is 3.59. The molecule has 0 aliphatic carbocycles. The van der Waals surface area contributed by atoms with Crippen LogP contribution in [-0.2, 0) is 4.74 Å². The van der Waals surface area contributed by atoms with E-state index in [4.69, 9.17) is 27.9 Å². The average Bonchev–Trinajstić information content (AvgIpc) is 2.29. The molecular weight excluding hydrogens is 287 g/mol. The maximum absolute atomic E-state index is 12.4. The first-order valence-electron chi connectivity index (χ1n) is 6.06. The lowest BCUT2D eigenvalue weighted by atomic mass is 10.0. The largest absolute Gasteiger partial charge is 0.369 e. The number of amides is 1. The van der Waals surface area contributed by atoms with Crippen LogP contribution in [0, 0.1) is 0 Å². The summed E-state index contributed by atoms with van der Waals surface area (Å²) in [4.78, 5) is 18.1. The number of morpholine rings is 1. The van der Waals surface area contributed by atoms with E-state index >= 15 is 0 Å². The van der Waals surface area contributed by atoms with Gasteiger partial charge in [0, 0.05) is 19.3 Å². The van der Waals surface area contributed by atoms with Gasteiger partial charge in [-0.05, 0) is 26.8 Å². The van der Waals surface area contributed by atoms with E-state index in [1.54, 1.807) is 11.0 Å². The molecule has 1 atom stereocenters. The number of pyridine rings is 1. The van der Waals surface area contributed by atoms with Crippen molar-refractivity contribution in [2.75, 3.05) is 13.1 Å². The third-order valence-electron chi connectivity index (χ3n) is 2.90. The van der Waals surface area contributed by atoms with Gasteiger partial charge in [-0.2, -0.15) is 0 Å². The van der Waals surface area contributed by atoms with Crippen LogP contribution in [-0.4, -0.2) is 40.6 Å². The summed E-state index contributed by atoms with van der Waals surface area (Å²) >= 11 is 11.6. The lowest BCUT2D eigenvalue weighted by Crippen LogP contribution is -2.53. The van der Waals surface area contributed by atoms with Crippen LogP contribution in [0.25, 0.3) is 0 Å². The molecule has 1 amide bonds. The SMILES string of the molecule is CC1CN(C(=O)c2cnc(Cl)c(Cl)c2)CC(C)(C)O1. The number of halogens is 2. The minimum absolute atomic E-state index is 0.00318. The highest BCUT2D eigenvalue weighted by Gasteiger charge is 2.34. The summed E-state index contributed by atoms with van der Waals surface area (Å²) in [5.74, 6) is -0.103. The lowest BCUT2D eigenvalue weighted by molar-refractivity contribution is -0.118. The Bertz CT molecular complexity index is 505. The first-order valence-corrected chi connectivity index (χ1v) is 6.82. The predicted molar refractivity (Wildman–Crippen MR) is 74.8 cm³/mol. The summed E-state index contributed by atoms with van der Waals surface area (Å²) in [5, 5.41) is 0.488. The molecule has 0 bridgehead atoms. The van der Waals surface area contributed by atoms with E-state index in [-0.39, 0.29) is 27.8 Å². The van der Waals surface area contributed by atoms with Gasteiger partial charge in [0.15, 0.2) is 0 Å². The van der Waals surface area contributed by atoms with Gasteiger partial charge in [-0.15, -0.1) is 0 Å². The number of carbonyl (C=O) groups excluding carboxylic acids is 1. The Balaban J connectivity index is 2.21. The Kier molecular flexibility index (Phi) is 4.04. The molecular formula is C13H16Cl2N2O2. The van der Waals surface area contributed by atoms with Crippen LogP contribution < -0.4 is 0 Å². The normalized spacial score (nSPS) is 22.4. The Morgan fingerprint density at radius 1 is 1.53 bits per heavy atom. The molecule has 1 aliphatic rings. The second-order valence-electron chi connectivity index (χ2n) is 5.37. The third kappa shape index (κ3) is 3.38. The van der Waals surface area contributed by atoms with Crippen LogP contribution in [0.3, 0.4) is 0 Å². The fraction of sp³-hybridized carbons (Fsp3) is 0.538. The van der Waals surface area contributed by atoms with Crippen molar-refractivity contribution in [1.29, 1.82) is 0 Å². The van der Waals surface area contributed by atoms with Crippen molar-refractivity contribution in [1.82, 2.24) is 9.88 Å². The molecule has 2 heterocycles. The Morgan fingerprint density at radius 3 is 2.79 bits per heavy atom. The molecule has 1 aromatic heterocycles. The molecule has 0 radical (unpaired) electrons. The second kappa shape index (κ2) is 5.27. The molecule has 1 fully saturated rings. The Labute approximate surface area is 122 Å². The van der Waals surface area contributed by atoms with Gasteiger partial charge in [-0.1, -0.05) is 23.2 Å². The summed E-state index contributed by atoms with van der Waals surface area (Å²) < 4.78 is 5.78. The number of hydrogen-bond acceptors (Lipinski definition) is 3. The first kappa shape index (κ1) is 14.6. The van der Waals surface area contributed by atoms with Crippen molar-refractivity contribution < 1.29 is 9.53 Å². The number of hydrogen-bond donors (Lipinski definition) is 0. The van der Waals surface area contributed by atoms with E-state index in [1.807, 2.05) is 20.8 Å². The van der Waals surface area contributed by atoms with Crippen LogP contribution >= 0.6 is 23.2 Å². The summed E-state index contributed by atoms with van der Waals surface area (Å²) in [6.45, 7) is 6.99. The van der Waals surface area contributed by atoms with Crippen LogP contribution in [0.2, 0.25) is 10.2 Å². The number of carbonyl (C=O) groups is 1. The highest BCUT2D eigenvalue weighted by Crippen LogP contribution is 2.24. The predicted octanol–water partition coefficient (Wildman–Crippen LogP) is 3.03. The number of rotatable bonds is 1. The van der Waals surface area contributed by atoms with Gasteiger partial charge in [0.05, 0.1) is 22.3 Å². The Hall–Kier alpha value is -0.840. The zero-order valence-corrected chi connectivity index (χ0v) is 12.6. The van der Waals surface area contributed by atoms with Crippen LogP contribution in [0.1, 0.15) is 31.1 Å². The van der Waals surface area contributed by atoms with Crippen molar-refractivity contribution in [3.63, 3.8) is 0 Å². The maximum Gasteiger partial charge on any atom is 0.255 e. The molecule has 0 spiro atoms. The van der Waals surface area contributed by atoms with E-state index < -0.39 is 0 Å². The van der Waals surface area contributed by atoms with Gasteiger partial charge in [0.1, 0.15) is 5.15 Å². The fourth-order valence-corrected chi connectivity index (χ4v) is 2.60. The first-order chi connectivity index (χ1) is 8.78. The summed E-state index contributed by atoms with van der Waals surface area (Å²) in [6.07, 6.45) is 1.45. The topological polar surface area (TPSA) is 42.4 Å². The van der Waals surface area contributed by atoms with Crippen molar-refractivity contribution in [3.8, 4) is 0 Å². The van der Waals surface area contributed by atoms with Gasteiger partial charge in [0.25, 0.3) is 5.91 Å². The van der Waals surface area contributed by atoms with E-state index in [2.05, 4.69) is 4.98 Å². The molecule has 0 aromatic carbocycles. The maximum atomic E-state index is 12.4. The lowest BCUT2D eigenvalue weighted by Gasteiger charge is -2.41. The standard InChI is InChI=1S/C13H16Cl2N2O2/c1-8-6-17(7-13(2,3)19-8)12(18)9-4-10(14)11(15)16-5-9/h4-5,8H,6-7H2,1-3H3. The average molecular weight is 303 g/mol. The summed E-state index contributed by atoms with van der Waals surface area (Å²) in [7, 11) is 0. The van der Waals surface area contributed by atoms with Crippen molar-refractivity contribution in [2.45, 2.75) is 32.5 Å². The molecule has 1 aromatic rings. The van der Waals surface area contributed by atoms with Gasteiger partial charge in [-0.3, -0.25) is 4.79 Å². The molecule has 0 saturated carbocycles. The minimum atomic E-state index is -0.350. The fourth-order valence-electron chi connectivity index (χ4n) is 2.33. The Morgan fingerprint density at radius 2 is 2.21 bits per heavy atom. The molecule has 4 nitrogen and oxygen atoms in total. The molecule has 19 heavy (non-hydrogen) atoms. The summed E-state index contributed by atoms with van der Waals surface area (Å²) in [6, 6.07) is 1.55. The smallest absolute Gasteiger partial charge is 0.255 e. The molecule has 0 N–H and O–H groups in total. The van der Waals surface area contributed by atoms with Crippen molar-refractivity contribution in [2.24, 2.45) is 0 Å². The van der Waals surface area contributed by atoms with Gasteiger partial charge in [-0.25, -0.2) is 4.98 Å². The van der Waals surface area contributed by atoms with Gasteiger partial charge < -0.3 is 9.64 Å². The molecule has 6 heteroatoms. The van der Waals surface area contributed by atoms with Crippen LogP contribution in [0.15, 0.2) is 12.3 Å². The molecule has 1 unspecified atom stereocenters. The quantitative estimate of drug-likeness (QED) is 0.749. The van der Waals surface area contributed by atoms with E-state index in [0.717, 1.165) is 0 Å². The second-order valence-corrected chi connectivity index (χ2v) is 6.14. The summed E-state index contributed by atoms with van der Waals surface area (Å²) in [5.41, 5.74) is 0.0936. The van der Waals surface area contributed by atoms with Crippen LogP contribution in [0.4, 0.5) is 0 Å². The van der Waals surface area contributed by atoms with E-state index in [1.165, 1.54) is 6.20 Å². The van der Waals surface area contributed by atoms with Gasteiger partial charge >= 0.3 is 0 Å². The van der Waals surface area contributed by atoms with E-state index in [9.17, 15) is 4.79 Å². The van der Waals surface area contributed by atoms with Crippen molar-refractivity contribution >= 4 is 29.1 Å².